The molecule has 0 bridgehead atoms. The van der Waals surface area contributed by atoms with Gasteiger partial charge in [0.05, 0.1) is 11.3 Å². The molecule has 1 atom stereocenters. The number of carboxylic acid groups (broad SMARTS) is 1. The lowest BCUT2D eigenvalue weighted by Crippen LogP contribution is -2.44. The highest BCUT2D eigenvalue weighted by molar-refractivity contribution is 5.87. The van der Waals surface area contributed by atoms with Gasteiger partial charge >= 0.3 is 5.97 Å². The Balaban J connectivity index is 2.95. The molecular formula is C15H20FNO3. The van der Waals surface area contributed by atoms with E-state index < -0.39 is 23.1 Å². The van der Waals surface area contributed by atoms with Crippen LogP contribution in [0.25, 0.3) is 0 Å². The molecule has 0 aliphatic rings. The smallest absolute Gasteiger partial charge is 0.308 e. The minimum atomic E-state index is -1.04. The molecule has 0 saturated heterocycles. The van der Waals surface area contributed by atoms with Crippen molar-refractivity contribution in [1.29, 1.82) is 0 Å². The summed E-state index contributed by atoms with van der Waals surface area (Å²) in [5.41, 5.74) is -0.738. The second kappa shape index (κ2) is 6.03. The Hall–Kier alpha value is -1.91. The summed E-state index contributed by atoms with van der Waals surface area (Å²) < 4.78 is 13.8. The molecule has 1 rings (SSSR count). The van der Waals surface area contributed by atoms with Gasteiger partial charge in [0.1, 0.15) is 5.82 Å². The zero-order valence-electron chi connectivity index (χ0n) is 12.2. The van der Waals surface area contributed by atoms with Gasteiger partial charge in [-0.3, -0.25) is 9.59 Å². The van der Waals surface area contributed by atoms with E-state index in [0.29, 0.717) is 5.56 Å². The summed E-state index contributed by atoms with van der Waals surface area (Å²) in [5, 5.41) is 8.88. The van der Waals surface area contributed by atoms with Crippen molar-refractivity contribution in [2.75, 3.05) is 13.6 Å². The third-order valence-corrected chi connectivity index (χ3v) is 3.40. The van der Waals surface area contributed by atoms with Gasteiger partial charge in [0, 0.05) is 19.2 Å². The van der Waals surface area contributed by atoms with Crippen LogP contribution >= 0.6 is 0 Å². The van der Waals surface area contributed by atoms with Gasteiger partial charge in [0.15, 0.2) is 0 Å². The Labute approximate surface area is 118 Å². The molecule has 1 unspecified atom stereocenters. The van der Waals surface area contributed by atoms with Crippen LogP contribution in [-0.4, -0.2) is 35.5 Å². The largest absolute Gasteiger partial charge is 0.481 e. The fourth-order valence-electron chi connectivity index (χ4n) is 2.13. The predicted octanol–water partition coefficient (Wildman–Crippen LogP) is 2.28. The molecule has 5 heteroatoms. The molecule has 0 fully saturated rings. The molecule has 1 amide bonds. The number of nitrogens with zero attached hydrogens (tertiary/aromatic N) is 1. The third-order valence-electron chi connectivity index (χ3n) is 3.40. The highest BCUT2D eigenvalue weighted by Gasteiger charge is 2.35. The van der Waals surface area contributed by atoms with Crippen molar-refractivity contribution in [3.05, 3.63) is 35.6 Å². The molecular weight excluding hydrogens is 261 g/mol. The van der Waals surface area contributed by atoms with Crippen LogP contribution in [0.5, 0.6) is 0 Å². The van der Waals surface area contributed by atoms with E-state index in [1.807, 2.05) is 0 Å². The standard InChI is InChI=1S/C15H20FNO3/c1-10(13(18)19)9-17(4)14(20)15(2,3)11-7-5-6-8-12(11)16/h5-8,10H,9H2,1-4H3,(H,18,19). The Morgan fingerprint density at radius 2 is 1.90 bits per heavy atom. The molecule has 1 aromatic carbocycles. The van der Waals surface area contributed by atoms with Crippen molar-refractivity contribution in [3.63, 3.8) is 0 Å². The van der Waals surface area contributed by atoms with Crippen LogP contribution in [0.3, 0.4) is 0 Å². The third kappa shape index (κ3) is 3.35. The highest BCUT2D eigenvalue weighted by atomic mass is 19.1. The molecule has 20 heavy (non-hydrogen) atoms. The summed E-state index contributed by atoms with van der Waals surface area (Å²) in [6.07, 6.45) is 0. The average molecular weight is 281 g/mol. The molecule has 0 aliphatic carbocycles. The number of halogens is 1. The van der Waals surface area contributed by atoms with Crippen molar-refractivity contribution >= 4 is 11.9 Å². The van der Waals surface area contributed by atoms with Gasteiger partial charge in [-0.1, -0.05) is 25.1 Å². The highest BCUT2D eigenvalue weighted by Crippen LogP contribution is 2.27. The van der Waals surface area contributed by atoms with E-state index in [1.54, 1.807) is 32.0 Å². The Morgan fingerprint density at radius 3 is 2.40 bits per heavy atom. The molecule has 0 saturated carbocycles. The van der Waals surface area contributed by atoms with Crippen LogP contribution in [-0.2, 0) is 15.0 Å². The summed E-state index contributed by atoms with van der Waals surface area (Å²) in [6.45, 7) is 4.89. The Morgan fingerprint density at radius 1 is 1.35 bits per heavy atom. The number of carbonyl (C=O) groups excluding carboxylic acids is 1. The van der Waals surface area contributed by atoms with E-state index in [0.717, 1.165) is 0 Å². The summed E-state index contributed by atoms with van der Waals surface area (Å²) >= 11 is 0. The van der Waals surface area contributed by atoms with Crippen LogP contribution in [0.4, 0.5) is 4.39 Å². The number of hydrogen-bond acceptors (Lipinski definition) is 2. The lowest BCUT2D eigenvalue weighted by Gasteiger charge is -2.30. The topological polar surface area (TPSA) is 57.6 Å². The van der Waals surface area contributed by atoms with E-state index in [2.05, 4.69) is 0 Å². The van der Waals surface area contributed by atoms with Gasteiger partial charge in [-0.25, -0.2) is 4.39 Å². The van der Waals surface area contributed by atoms with Crippen LogP contribution in [0.15, 0.2) is 24.3 Å². The number of aliphatic carboxylic acids is 1. The summed E-state index contributed by atoms with van der Waals surface area (Å²) in [5.74, 6) is -2.38. The average Bonchev–Trinajstić information content (AvgIpc) is 2.37. The van der Waals surface area contributed by atoms with Crippen molar-refractivity contribution in [1.82, 2.24) is 4.90 Å². The van der Waals surface area contributed by atoms with Crippen molar-refractivity contribution in [3.8, 4) is 0 Å². The second-order valence-electron chi connectivity index (χ2n) is 5.53. The van der Waals surface area contributed by atoms with Crippen molar-refractivity contribution in [2.24, 2.45) is 5.92 Å². The summed E-state index contributed by atoms with van der Waals surface area (Å²) in [4.78, 5) is 24.6. The second-order valence-corrected chi connectivity index (χ2v) is 5.53. The van der Waals surface area contributed by atoms with E-state index in [4.69, 9.17) is 5.11 Å². The molecule has 0 aromatic heterocycles. The van der Waals surface area contributed by atoms with E-state index in [9.17, 15) is 14.0 Å². The lowest BCUT2D eigenvalue weighted by molar-refractivity contribution is -0.143. The Bertz CT molecular complexity index is 514. The Kier molecular flexibility index (Phi) is 4.87. The maximum Gasteiger partial charge on any atom is 0.308 e. The number of carboxylic acids is 1. The fraction of sp³-hybridized carbons (Fsp3) is 0.467. The molecule has 0 radical (unpaired) electrons. The molecule has 1 N–H and O–H groups in total. The predicted molar refractivity (Wildman–Crippen MR) is 73.9 cm³/mol. The summed E-state index contributed by atoms with van der Waals surface area (Å²) in [6, 6.07) is 6.12. The molecule has 4 nitrogen and oxygen atoms in total. The van der Waals surface area contributed by atoms with E-state index in [-0.39, 0.29) is 12.5 Å². The molecule has 1 aromatic rings. The number of amides is 1. The van der Waals surface area contributed by atoms with E-state index in [1.165, 1.54) is 24.9 Å². The van der Waals surface area contributed by atoms with Gasteiger partial charge < -0.3 is 10.0 Å². The lowest BCUT2D eigenvalue weighted by atomic mass is 9.82. The molecule has 0 aliphatic heterocycles. The number of carbonyl (C=O) groups is 2. The fourth-order valence-corrected chi connectivity index (χ4v) is 2.13. The first kappa shape index (κ1) is 16.1. The maximum absolute atomic E-state index is 13.8. The van der Waals surface area contributed by atoms with Crippen LogP contribution in [0.2, 0.25) is 0 Å². The first-order valence-electron chi connectivity index (χ1n) is 6.41. The number of rotatable bonds is 5. The van der Waals surface area contributed by atoms with Gasteiger partial charge in [-0.15, -0.1) is 0 Å². The first-order valence-corrected chi connectivity index (χ1v) is 6.41. The minimum absolute atomic E-state index is 0.0893. The van der Waals surface area contributed by atoms with Gasteiger partial charge in [-0.2, -0.15) is 0 Å². The normalized spacial score (nSPS) is 12.8. The van der Waals surface area contributed by atoms with Crippen LogP contribution < -0.4 is 0 Å². The number of likely N-dealkylation sites (N-methyl/N-ethyl adjacent to an activating group) is 1. The number of benzene rings is 1. The monoisotopic (exact) mass is 281 g/mol. The molecule has 0 heterocycles. The summed E-state index contributed by atoms with van der Waals surface area (Å²) in [7, 11) is 1.53. The zero-order valence-corrected chi connectivity index (χ0v) is 12.2. The van der Waals surface area contributed by atoms with Gasteiger partial charge in [0.2, 0.25) is 5.91 Å². The maximum atomic E-state index is 13.8. The van der Waals surface area contributed by atoms with Gasteiger partial charge in [-0.05, 0) is 19.9 Å². The minimum Gasteiger partial charge on any atom is -0.481 e. The van der Waals surface area contributed by atoms with Crippen molar-refractivity contribution < 1.29 is 19.1 Å². The number of hydrogen-bond donors (Lipinski definition) is 1. The zero-order chi connectivity index (χ0) is 15.5. The molecule has 0 spiro atoms. The van der Waals surface area contributed by atoms with E-state index >= 15 is 0 Å². The molecule has 110 valence electrons. The quantitative estimate of drug-likeness (QED) is 0.900. The first-order chi connectivity index (χ1) is 9.17. The van der Waals surface area contributed by atoms with Crippen LogP contribution in [0, 0.1) is 11.7 Å². The van der Waals surface area contributed by atoms with Gasteiger partial charge in [0.25, 0.3) is 0 Å². The van der Waals surface area contributed by atoms with Crippen molar-refractivity contribution in [2.45, 2.75) is 26.2 Å². The SMILES string of the molecule is CC(CN(C)C(=O)C(C)(C)c1ccccc1F)C(=O)O. The van der Waals surface area contributed by atoms with Crippen LogP contribution in [0.1, 0.15) is 26.3 Å².